The van der Waals surface area contributed by atoms with Gasteiger partial charge in [0.15, 0.2) is 0 Å². The van der Waals surface area contributed by atoms with E-state index in [-0.39, 0.29) is 19.5 Å². The van der Waals surface area contributed by atoms with Crippen LogP contribution in [0.2, 0.25) is 0 Å². The van der Waals surface area contributed by atoms with E-state index < -0.39 is 0 Å². The number of benzene rings is 2. The Hall–Kier alpha value is -1.64. The van der Waals surface area contributed by atoms with Gasteiger partial charge in [0.25, 0.3) is 0 Å². The molecule has 0 fully saturated rings. The number of nitrogens with one attached hydrogen (secondary N) is 2. The zero-order valence-corrected chi connectivity index (χ0v) is 10.9. The van der Waals surface area contributed by atoms with E-state index in [1.165, 1.54) is 11.1 Å². The van der Waals surface area contributed by atoms with E-state index in [4.69, 9.17) is 0 Å². The van der Waals surface area contributed by atoms with Crippen molar-refractivity contribution in [3.05, 3.63) is 71.8 Å². The average molecular weight is 256 g/mol. The summed E-state index contributed by atoms with van der Waals surface area (Å²) < 4.78 is 0. The van der Waals surface area contributed by atoms with Gasteiger partial charge in [-0.25, -0.2) is 0 Å². The van der Waals surface area contributed by atoms with Crippen LogP contribution in [0.25, 0.3) is 0 Å². The van der Waals surface area contributed by atoms with Crippen LogP contribution in [0.5, 0.6) is 0 Å². The molecule has 102 valence electrons. The Bertz CT molecular complexity index is 408. The normalized spacial score (nSPS) is 13.4. The summed E-state index contributed by atoms with van der Waals surface area (Å²) in [6.45, 7) is 0. The van der Waals surface area contributed by atoms with Crippen molar-refractivity contribution in [3.8, 4) is 0 Å². The molecule has 0 aromatic heterocycles. The Balaban J connectivity index is 0.00000180. The lowest BCUT2D eigenvalue weighted by Crippen LogP contribution is -2.31. The molecule has 2 atom stereocenters. The minimum atomic E-state index is 0. The Morgan fingerprint density at radius 3 is 1.21 bits per heavy atom. The summed E-state index contributed by atoms with van der Waals surface area (Å²) >= 11 is 0. The molecule has 0 saturated carbocycles. The maximum Gasteiger partial charge on any atom is 0.0515 e. The second-order valence-electron chi connectivity index (χ2n) is 4.35. The third-order valence-electron chi connectivity index (χ3n) is 3.27. The highest BCUT2D eigenvalue weighted by Gasteiger charge is 2.21. The van der Waals surface area contributed by atoms with Gasteiger partial charge in [0, 0.05) is 0 Å². The monoisotopic (exact) mass is 256 g/mol. The minimum Gasteiger partial charge on any atom is -0.311 e. The highest BCUT2D eigenvalue weighted by molar-refractivity contribution is 5.27. The van der Waals surface area contributed by atoms with Crippen LogP contribution in [0.15, 0.2) is 60.7 Å². The van der Waals surface area contributed by atoms with Crippen molar-refractivity contribution >= 4 is 0 Å². The van der Waals surface area contributed by atoms with Crippen LogP contribution < -0.4 is 10.6 Å². The highest BCUT2D eigenvalue weighted by atomic mass is 15.0. The van der Waals surface area contributed by atoms with E-state index in [0.29, 0.717) is 0 Å². The fourth-order valence-corrected chi connectivity index (χ4v) is 2.37. The van der Waals surface area contributed by atoms with Crippen molar-refractivity contribution < 1.29 is 0 Å². The average Bonchev–Trinajstić information content (AvgIpc) is 2.46. The lowest BCUT2D eigenvalue weighted by atomic mass is 9.93. The van der Waals surface area contributed by atoms with Crippen molar-refractivity contribution in [2.45, 2.75) is 19.5 Å². The molecule has 2 nitrogen and oxygen atoms in total. The summed E-state index contributed by atoms with van der Waals surface area (Å²) in [6, 6.07) is 21.6. The van der Waals surface area contributed by atoms with Crippen molar-refractivity contribution in [1.29, 1.82) is 0 Å². The van der Waals surface area contributed by atoms with Crippen LogP contribution in [0.3, 0.4) is 0 Å². The molecule has 0 saturated heterocycles. The molecule has 0 aliphatic carbocycles. The summed E-state index contributed by atoms with van der Waals surface area (Å²) in [5.74, 6) is 0. The van der Waals surface area contributed by atoms with Gasteiger partial charge in [-0.15, -0.1) is 0 Å². The molecule has 0 bridgehead atoms. The molecule has 0 amide bonds. The summed E-state index contributed by atoms with van der Waals surface area (Å²) in [5, 5.41) is 6.81. The van der Waals surface area contributed by atoms with E-state index in [1.807, 2.05) is 26.2 Å². The quantitative estimate of drug-likeness (QED) is 0.855. The van der Waals surface area contributed by atoms with Crippen LogP contribution in [0.4, 0.5) is 0 Å². The van der Waals surface area contributed by atoms with Crippen LogP contribution in [0, 0.1) is 0 Å². The first-order chi connectivity index (χ1) is 8.86. The van der Waals surface area contributed by atoms with Gasteiger partial charge in [0.1, 0.15) is 0 Å². The van der Waals surface area contributed by atoms with Crippen molar-refractivity contribution in [1.82, 2.24) is 10.6 Å². The van der Waals surface area contributed by atoms with Gasteiger partial charge in [0.2, 0.25) is 0 Å². The largest absolute Gasteiger partial charge is 0.311 e. The summed E-state index contributed by atoms with van der Waals surface area (Å²) in [5.41, 5.74) is 2.59. The maximum atomic E-state index is 3.41. The first kappa shape index (κ1) is 15.4. The van der Waals surface area contributed by atoms with Crippen molar-refractivity contribution in [2.75, 3.05) is 14.1 Å². The zero-order valence-electron chi connectivity index (χ0n) is 10.9. The van der Waals surface area contributed by atoms with Gasteiger partial charge in [-0.05, 0) is 25.2 Å². The van der Waals surface area contributed by atoms with Gasteiger partial charge in [0.05, 0.1) is 12.1 Å². The zero-order chi connectivity index (χ0) is 12.8. The Kier molecular flexibility index (Phi) is 6.26. The molecule has 2 aromatic carbocycles. The van der Waals surface area contributed by atoms with Crippen LogP contribution in [0.1, 0.15) is 30.6 Å². The lowest BCUT2D eigenvalue weighted by Gasteiger charge is -2.27. The second-order valence-corrected chi connectivity index (χ2v) is 4.35. The fraction of sp³-hybridized carbons (Fsp3) is 0.294. The summed E-state index contributed by atoms with van der Waals surface area (Å²) in [7, 11) is 4.01. The van der Waals surface area contributed by atoms with Gasteiger partial charge in [-0.1, -0.05) is 68.1 Å². The Labute approximate surface area is 116 Å². The molecule has 0 unspecified atom stereocenters. The van der Waals surface area contributed by atoms with Crippen LogP contribution in [-0.4, -0.2) is 14.1 Å². The molecule has 19 heavy (non-hydrogen) atoms. The molecule has 2 N–H and O–H groups in total. The lowest BCUT2D eigenvalue weighted by molar-refractivity contribution is 0.432. The highest BCUT2D eigenvalue weighted by Crippen LogP contribution is 2.27. The summed E-state index contributed by atoms with van der Waals surface area (Å²) in [6.07, 6.45) is 0. The maximum absolute atomic E-state index is 3.41. The van der Waals surface area contributed by atoms with E-state index in [1.54, 1.807) is 0 Å². The first-order valence-electron chi connectivity index (χ1n) is 6.31. The number of likely N-dealkylation sites (N-methyl/N-ethyl adjacent to an activating group) is 2. The Morgan fingerprint density at radius 1 is 0.632 bits per heavy atom. The molecule has 0 radical (unpaired) electrons. The van der Waals surface area contributed by atoms with E-state index >= 15 is 0 Å². The third-order valence-corrected chi connectivity index (χ3v) is 3.27. The molecule has 2 heteroatoms. The van der Waals surface area contributed by atoms with E-state index in [9.17, 15) is 0 Å². The topological polar surface area (TPSA) is 24.1 Å². The summed E-state index contributed by atoms with van der Waals surface area (Å²) in [4.78, 5) is 0. The SMILES string of the molecule is C.CN[C@@H](c1ccccc1)[C@@H](NC)c1ccccc1. The molecular formula is C17H24N2. The van der Waals surface area contributed by atoms with Gasteiger partial charge >= 0.3 is 0 Å². The standard InChI is InChI=1S/C16H20N2.CH4/c1-17-15(13-9-5-3-6-10-13)16(18-2)14-11-7-4-8-12-14;/h3-12,15-18H,1-2H3;1H4/t15-,16-;/m0./s1. The third kappa shape index (κ3) is 3.66. The fourth-order valence-electron chi connectivity index (χ4n) is 2.37. The number of hydrogen-bond acceptors (Lipinski definition) is 2. The molecular weight excluding hydrogens is 232 g/mol. The van der Waals surface area contributed by atoms with Gasteiger partial charge < -0.3 is 10.6 Å². The van der Waals surface area contributed by atoms with Gasteiger partial charge in [-0.3, -0.25) is 0 Å². The molecule has 0 aliphatic rings. The van der Waals surface area contributed by atoms with E-state index in [0.717, 1.165) is 0 Å². The minimum absolute atomic E-state index is 0. The number of rotatable bonds is 5. The molecule has 2 aromatic rings. The molecule has 0 aliphatic heterocycles. The first-order valence-corrected chi connectivity index (χ1v) is 6.31. The van der Waals surface area contributed by atoms with Crippen molar-refractivity contribution in [3.63, 3.8) is 0 Å². The van der Waals surface area contributed by atoms with E-state index in [2.05, 4.69) is 59.2 Å². The number of hydrogen-bond donors (Lipinski definition) is 2. The predicted octanol–water partition coefficient (Wildman–Crippen LogP) is 3.54. The van der Waals surface area contributed by atoms with Crippen molar-refractivity contribution in [2.24, 2.45) is 0 Å². The molecule has 0 spiro atoms. The van der Waals surface area contributed by atoms with Gasteiger partial charge in [-0.2, -0.15) is 0 Å². The van der Waals surface area contributed by atoms with Crippen LogP contribution >= 0.6 is 0 Å². The molecule has 2 rings (SSSR count). The molecule has 0 heterocycles. The predicted molar refractivity (Wildman–Crippen MR) is 83.2 cm³/mol. The smallest absolute Gasteiger partial charge is 0.0515 e. The Morgan fingerprint density at radius 2 is 0.947 bits per heavy atom. The second kappa shape index (κ2) is 7.72. The van der Waals surface area contributed by atoms with Crippen LogP contribution in [-0.2, 0) is 0 Å².